The standard InChI is InChI=1S/C5H2F2N/c6-4-1-2-5(7)8-3-4/h1,3H. The van der Waals surface area contributed by atoms with Crippen molar-refractivity contribution >= 4 is 0 Å². The topological polar surface area (TPSA) is 12.9 Å². The second-order valence-corrected chi connectivity index (χ2v) is 1.22. The number of aromatic nitrogens is 1. The predicted octanol–water partition coefficient (Wildman–Crippen LogP) is 1.16. The molecule has 0 aliphatic carbocycles. The van der Waals surface area contributed by atoms with E-state index in [1.165, 1.54) is 0 Å². The lowest BCUT2D eigenvalue weighted by Gasteiger charge is -1.82. The van der Waals surface area contributed by atoms with Gasteiger partial charge in [0.15, 0.2) is 0 Å². The second kappa shape index (κ2) is 1.86. The first kappa shape index (κ1) is 5.15. The Kier molecular flexibility index (Phi) is 1.20. The fourth-order valence-corrected chi connectivity index (χ4v) is 0.321. The molecule has 1 aromatic rings. The molecule has 1 rings (SSSR count). The molecule has 3 heteroatoms. The zero-order valence-corrected chi connectivity index (χ0v) is 3.86. The van der Waals surface area contributed by atoms with Crippen molar-refractivity contribution in [1.29, 1.82) is 0 Å². The number of hydrogen-bond donors (Lipinski definition) is 0. The lowest BCUT2D eigenvalue weighted by molar-refractivity contribution is 0.557. The highest BCUT2D eigenvalue weighted by Crippen LogP contribution is 1.93. The highest BCUT2D eigenvalue weighted by atomic mass is 19.1. The molecule has 0 spiro atoms. The van der Waals surface area contributed by atoms with E-state index in [4.69, 9.17) is 0 Å². The van der Waals surface area contributed by atoms with E-state index in [1.54, 1.807) is 0 Å². The van der Waals surface area contributed by atoms with Gasteiger partial charge in [0.25, 0.3) is 0 Å². The Morgan fingerprint density at radius 3 is 2.62 bits per heavy atom. The molecule has 8 heavy (non-hydrogen) atoms. The monoisotopic (exact) mass is 114 g/mol. The minimum atomic E-state index is -0.786. The lowest BCUT2D eigenvalue weighted by atomic mass is 10.5. The first-order valence-electron chi connectivity index (χ1n) is 1.98. The van der Waals surface area contributed by atoms with Crippen molar-refractivity contribution in [2.75, 3.05) is 0 Å². The maximum atomic E-state index is 11.8. The molecule has 0 N–H and O–H groups in total. The third-order valence-electron chi connectivity index (χ3n) is 0.630. The van der Waals surface area contributed by atoms with E-state index in [2.05, 4.69) is 4.98 Å². The summed E-state index contributed by atoms with van der Waals surface area (Å²) in [7, 11) is 0. The van der Waals surface area contributed by atoms with E-state index in [0.717, 1.165) is 12.3 Å². The van der Waals surface area contributed by atoms with Crippen LogP contribution in [0, 0.1) is 17.8 Å². The first-order chi connectivity index (χ1) is 3.79. The summed E-state index contributed by atoms with van der Waals surface area (Å²) in [6.07, 6.45) is 0.797. The lowest BCUT2D eigenvalue weighted by Crippen LogP contribution is -1.81. The predicted molar refractivity (Wildman–Crippen MR) is 23.0 cm³/mol. The van der Waals surface area contributed by atoms with E-state index in [0.29, 0.717) is 0 Å². The normalized spacial score (nSPS) is 9.25. The number of hydrogen-bond acceptors (Lipinski definition) is 1. The Morgan fingerprint density at radius 1 is 1.50 bits per heavy atom. The summed E-state index contributed by atoms with van der Waals surface area (Å²) < 4.78 is 23.6. The second-order valence-electron chi connectivity index (χ2n) is 1.22. The number of pyridine rings is 1. The third kappa shape index (κ3) is 0.992. The molecule has 0 saturated carbocycles. The molecular formula is C5H2F2N. The van der Waals surface area contributed by atoms with Gasteiger partial charge in [-0.05, 0) is 6.07 Å². The summed E-state index contributed by atoms with van der Waals surface area (Å²) in [4.78, 5) is 2.98. The van der Waals surface area contributed by atoms with Gasteiger partial charge in [-0.2, -0.15) is 4.39 Å². The van der Waals surface area contributed by atoms with Crippen LogP contribution >= 0.6 is 0 Å². The van der Waals surface area contributed by atoms with Crippen LogP contribution in [0.25, 0.3) is 0 Å². The highest BCUT2D eigenvalue weighted by Gasteiger charge is 1.89. The fourth-order valence-electron chi connectivity index (χ4n) is 0.321. The van der Waals surface area contributed by atoms with Gasteiger partial charge in [-0.25, -0.2) is 9.37 Å². The van der Waals surface area contributed by atoms with Crippen molar-refractivity contribution in [3.63, 3.8) is 0 Å². The largest absolute Gasteiger partial charge is 0.225 e. The molecule has 0 fully saturated rings. The SMILES string of the molecule is Fc1c[c]c(F)nc1. The van der Waals surface area contributed by atoms with E-state index in [9.17, 15) is 8.78 Å². The Morgan fingerprint density at radius 2 is 2.25 bits per heavy atom. The molecule has 0 aromatic carbocycles. The summed E-state index contributed by atoms with van der Waals surface area (Å²) in [6.45, 7) is 0. The molecule has 1 nitrogen and oxygen atoms in total. The molecule has 1 heterocycles. The first-order valence-corrected chi connectivity index (χ1v) is 1.98. The van der Waals surface area contributed by atoms with E-state index >= 15 is 0 Å². The average molecular weight is 114 g/mol. The summed E-state index contributed by atoms with van der Waals surface area (Å²) in [5, 5.41) is 0. The number of halogens is 2. The van der Waals surface area contributed by atoms with Crippen molar-refractivity contribution in [3.8, 4) is 0 Å². The molecule has 0 aliphatic rings. The summed E-state index contributed by atoms with van der Waals surface area (Å²) in [5.41, 5.74) is 0. The van der Waals surface area contributed by atoms with Crippen molar-refractivity contribution in [2.24, 2.45) is 0 Å². The van der Waals surface area contributed by atoms with Gasteiger partial charge in [0, 0.05) is 6.07 Å². The van der Waals surface area contributed by atoms with Gasteiger partial charge >= 0.3 is 0 Å². The Balaban J connectivity index is 3.03. The van der Waals surface area contributed by atoms with Crippen LogP contribution in [0.3, 0.4) is 0 Å². The maximum Gasteiger partial charge on any atom is 0.221 e. The van der Waals surface area contributed by atoms with Crippen LogP contribution in [0.4, 0.5) is 8.78 Å². The molecule has 0 amide bonds. The van der Waals surface area contributed by atoms with Crippen LogP contribution in [0.1, 0.15) is 0 Å². The molecule has 41 valence electrons. The van der Waals surface area contributed by atoms with Gasteiger partial charge in [0.05, 0.1) is 6.20 Å². The van der Waals surface area contributed by atoms with E-state index in [-0.39, 0.29) is 0 Å². The van der Waals surface area contributed by atoms with Gasteiger partial charge in [-0.3, -0.25) is 0 Å². The van der Waals surface area contributed by atoms with Gasteiger partial charge in [-0.1, -0.05) is 0 Å². The highest BCUT2D eigenvalue weighted by molar-refractivity contribution is 4.92. The van der Waals surface area contributed by atoms with Gasteiger partial charge in [0.1, 0.15) is 5.82 Å². The number of nitrogens with zero attached hydrogens (tertiary/aromatic N) is 1. The molecule has 1 aromatic heterocycles. The smallest absolute Gasteiger partial charge is 0.221 e. The number of rotatable bonds is 0. The van der Waals surface area contributed by atoms with E-state index in [1.807, 2.05) is 6.07 Å². The van der Waals surface area contributed by atoms with Crippen LogP contribution in [0.2, 0.25) is 0 Å². The zero-order valence-electron chi connectivity index (χ0n) is 3.86. The van der Waals surface area contributed by atoms with Crippen LogP contribution in [0.15, 0.2) is 12.3 Å². The molecule has 0 bridgehead atoms. The van der Waals surface area contributed by atoms with Crippen LogP contribution in [-0.4, -0.2) is 4.98 Å². The maximum absolute atomic E-state index is 11.8. The zero-order chi connectivity index (χ0) is 5.98. The minimum absolute atomic E-state index is 0.577. The van der Waals surface area contributed by atoms with Crippen molar-refractivity contribution in [2.45, 2.75) is 0 Å². The van der Waals surface area contributed by atoms with Crippen LogP contribution in [-0.2, 0) is 0 Å². The third-order valence-corrected chi connectivity index (χ3v) is 0.630. The fraction of sp³-hybridized carbons (Fsp3) is 0. The van der Waals surface area contributed by atoms with Gasteiger partial charge in [-0.15, -0.1) is 0 Å². The summed E-state index contributed by atoms with van der Waals surface area (Å²) in [6, 6.07) is 2.84. The molecule has 0 aliphatic heterocycles. The van der Waals surface area contributed by atoms with Crippen LogP contribution < -0.4 is 0 Å². The molecule has 0 atom stereocenters. The summed E-state index contributed by atoms with van der Waals surface area (Å²) >= 11 is 0. The van der Waals surface area contributed by atoms with Gasteiger partial charge in [0.2, 0.25) is 5.95 Å². The van der Waals surface area contributed by atoms with E-state index < -0.39 is 11.8 Å². The van der Waals surface area contributed by atoms with Crippen molar-refractivity contribution < 1.29 is 8.78 Å². The molecule has 0 unspecified atom stereocenters. The Hall–Kier alpha value is -0.990. The average Bonchev–Trinajstić information content (AvgIpc) is 1.77. The molecule has 1 radical (unpaired) electrons. The molecular weight excluding hydrogens is 112 g/mol. The molecule has 0 saturated heterocycles. The van der Waals surface area contributed by atoms with Gasteiger partial charge < -0.3 is 0 Å². The minimum Gasteiger partial charge on any atom is -0.225 e. The van der Waals surface area contributed by atoms with Crippen LogP contribution in [0.5, 0.6) is 0 Å². The Bertz CT molecular complexity index is 149. The quantitative estimate of drug-likeness (QED) is 0.461. The van der Waals surface area contributed by atoms with Crippen molar-refractivity contribution in [3.05, 3.63) is 30.1 Å². The Labute approximate surface area is 45.0 Å². The summed E-state index contributed by atoms with van der Waals surface area (Å²) in [5.74, 6) is -1.36. The van der Waals surface area contributed by atoms with Crippen molar-refractivity contribution in [1.82, 2.24) is 4.98 Å².